The SMILES string of the molecule is c1ccc(-c2ccc(N(c3ccc(-c4ccc5c(ccc6c5ccc5nc(-c7ccccc7)sc56)c4)cc3)c3ccc(-c4cccc5ccccc45)cc3)cc2)cc1. The summed E-state index contributed by atoms with van der Waals surface area (Å²) in [6, 6.07) is 78.8. The lowest BCUT2D eigenvalue weighted by molar-refractivity contribution is 1.28. The number of aromatic nitrogens is 1. The van der Waals surface area contributed by atoms with Crippen LogP contribution in [0.5, 0.6) is 0 Å². The maximum absolute atomic E-state index is 4.98. The lowest BCUT2D eigenvalue weighted by atomic mass is 9.97. The number of fused-ring (bicyclic) bond motifs is 6. The highest BCUT2D eigenvalue weighted by Gasteiger charge is 2.16. The lowest BCUT2D eigenvalue weighted by Gasteiger charge is -2.26. The van der Waals surface area contributed by atoms with Crippen LogP contribution in [-0.2, 0) is 0 Å². The monoisotopic (exact) mass is 756 g/mol. The van der Waals surface area contributed by atoms with Crippen molar-refractivity contribution < 1.29 is 0 Å². The third-order valence-corrected chi connectivity index (χ3v) is 12.5. The minimum atomic E-state index is 1.05. The van der Waals surface area contributed by atoms with Gasteiger partial charge in [0.05, 0.1) is 10.2 Å². The normalized spacial score (nSPS) is 11.4. The summed E-state index contributed by atoms with van der Waals surface area (Å²) in [6.07, 6.45) is 0. The molecule has 0 bridgehead atoms. The van der Waals surface area contributed by atoms with Crippen LogP contribution in [0.1, 0.15) is 0 Å². The van der Waals surface area contributed by atoms with E-state index in [2.05, 4.69) is 223 Å². The van der Waals surface area contributed by atoms with Crippen LogP contribution in [0, 0.1) is 0 Å². The summed E-state index contributed by atoms with van der Waals surface area (Å²) in [5.74, 6) is 0. The molecule has 2 nitrogen and oxygen atoms in total. The first kappa shape index (κ1) is 34.0. The van der Waals surface area contributed by atoms with Gasteiger partial charge in [-0.1, -0.05) is 170 Å². The van der Waals surface area contributed by atoms with Crippen molar-refractivity contribution in [3.63, 3.8) is 0 Å². The van der Waals surface area contributed by atoms with Crippen LogP contribution in [0.15, 0.2) is 218 Å². The molecule has 3 heteroatoms. The Morgan fingerprint density at radius 2 is 0.862 bits per heavy atom. The molecule has 0 spiro atoms. The number of benzene rings is 10. The first-order valence-corrected chi connectivity index (χ1v) is 20.5. The molecule has 0 aliphatic heterocycles. The van der Waals surface area contributed by atoms with Crippen LogP contribution in [0.3, 0.4) is 0 Å². The van der Waals surface area contributed by atoms with E-state index in [9.17, 15) is 0 Å². The summed E-state index contributed by atoms with van der Waals surface area (Å²) >= 11 is 1.77. The van der Waals surface area contributed by atoms with Crippen molar-refractivity contribution in [3.8, 4) is 44.0 Å². The summed E-state index contributed by atoms with van der Waals surface area (Å²) < 4.78 is 1.24. The molecule has 0 aliphatic rings. The van der Waals surface area contributed by atoms with Crippen LogP contribution in [0.4, 0.5) is 17.1 Å². The van der Waals surface area contributed by atoms with E-state index in [1.165, 1.54) is 70.4 Å². The molecule has 0 fully saturated rings. The molecule has 11 rings (SSSR count). The molecular formula is C55H36N2S. The molecule has 11 aromatic rings. The third kappa shape index (κ3) is 6.10. The van der Waals surface area contributed by atoms with Gasteiger partial charge >= 0.3 is 0 Å². The minimum Gasteiger partial charge on any atom is -0.311 e. The Kier molecular flexibility index (Phi) is 8.38. The Labute approximate surface area is 341 Å². The van der Waals surface area contributed by atoms with Gasteiger partial charge in [-0.05, 0) is 109 Å². The molecule has 0 saturated carbocycles. The van der Waals surface area contributed by atoms with E-state index in [4.69, 9.17) is 4.98 Å². The topological polar surface area (TPSA) is 16.1 Å². The second-order valence-electron chi connectivity index (χ2n) is 14.8. The maximum atomic E-state index is 4.98. The smallest absolute Gasteiger partial charge is 0.124 e. The highest BCUT2D eigenvalue weighted by molar-refractivity contribution is 7.22. The Morgan fingerprint density at radius 3 is 1.57 bits per heavy atom. The summed E-state index contributed by atoms with van der Waals surface area (Å²) in [5.41, 5.74) is 12.7. The molecule has 0 radical (unpaired) electrons. The summed E-state index contributed by atoms with van der Waals surface area (Å²) in [6.45, 7) is 0. The summed E-state index contributed by atoms with van der Waals surface area (Å²) in [7, 11) is 0. The first-order valence-electron chi connectivity index (χ1n) is 19.7. The van der Waals surface area contributed by atoms with Crippen molar-refractivity contribution in [2.45, 2.75) is 0 Å². The second kappa shape index (κ2) is 14.3. The number of rotatable bonds is 7. The predicted octanol–water partition coefficient (Wildman–Crippen LogP) is 15.9. The molecule has 0 amide bonds. The van der Waals surface area contributed by atoms with Crippen molar-refractivity contribution in [2.75, 3.05) is 4.90 Å². The van der Waals surface area contributed by atoms with Crippen LogP contribution in [0.2, 0.25) is 0 Å². The average Bonchev–Trinajstić information content (AvgIpc) is 3.75. The van der Waals surface area contributed by atoms with Gasteiger partial charge in [0.15, 0.2) is 0 Å². The zero-order chi connectivity index (χ0) is 38.4. The molecule has 10 aromatic carbocycles. The Bertz CT molecular complexity index is 3240. The van der Waals surface area contributed by atoms with E-state index in [0.29, 0.717) is 0 Å². The highest BCUT2D eigenvalue weighted by Crippen LogP contribution is 2.41. The molecule has 1 aromatic heterocycles. The van der Waals surface area contributed by atoms with Crippen LogP contribution >= 0.6 is 11.3 Å². The standard InChI is InChI=1S/C55H36N2S/c1-3-10-37(11-4-1)38-18-26-45(27-19-38)57(47-30-22-41(23-31-47)49-17-9-15-40-12-7-8-16-48(40)49)46-28-20-39(21-29-46)43-24-32-50-44(36-43)25-33-52-51(50)34-35-53-54(52)58-55(56-53)42-13-5-2-6-14-42/h1-36H. The Balaban J connectivity index is 0.943. The maximum Gasteiger partial charge on any atom is 0.124 e. The quantitative estimate of drug-likeness (QED) is 0.151. The molecule has 1 heterocycles. The van der Waals surface area contributed by atoms with Gasteiger partial charge in [-0.25, -0.2) is 4.98 Å². The van der Waals surface area contributed by atoms with E-state index in [1.807, 2.05) is 0 Å². The first-order chi connectivity index (χ1) is 28.7. The van der Waals surface area contributed by atoms with Gasteiger partial charge in [0.2, 0.25) is 0 Å². The Hall–Kier alpha value is -7.33. The van der Waals surface area contributed by atoms with E-state index in [1.54, 1.807) is 11.3 Å². The molecule has 0 atom stereocenters. The number of nitrogens with zero attached hydrogens (tertiary/aromatic N) is 2. The van der Waals surface area contributed by atoms with Gasteiger partial charge in [0.1, 0.15) is 5.01 Å². The van der Waals surface area contributed by atoms with E-state index in [0.717, 1.165) is 33.1 Å². The minimum absolute atomic E-state index is 1.05. The van der Waals surface area contributed by atoms with Crippen molar-refractivity contribution in [3.05, 3.63) is 218 Å². The molecule has 272 valence electrons. The molecule has 0 unspecified atom stereocenters. The summed E-state index contributed by atoms with van der Waals surface area (Å²) in [5, 5.41) is 8.57. The predicted molar refractivity (Wildman–Crippen MR) is 249 cm³/mol. The second-order valence-corrected chi connectivity index (χ2v) is 15.8. The number of anilines is 3. The van der Waals surface area contributed by atoms with Crippen molar-refractivity contribution in [1.29, 1.82) is 0 Å². The molecule has 0 N–H and O–H groups in total. The van der Waals surface area contributed by atoms with Crippen LogP contribution in [-0.4, -0.2) is 4.98 Å². The van der Waals surface area contributed by atoms with Gasteiger partial charge in [0.25, 0.3) is 0 Å². The van der Waals surface area contributed by atoms with E-state index >= 15 is 0 Å². The number of hydrogen-bond acceptors (Lipinski definition) is 3. The molecule has 58 heavy (non-hydrogen) atoms. The molecule has 0 saturated heterocycles. The van der Waals surface area contributed by atoms with Crippen LogP contribution < -0.4 is 4.90 Å². The van der Waals surface area contributed by atoms with Crippen molar-refractivity contribution in [2.24, 2.45) is 0 Å². The van der Waals surface area contributed by atoms with Gasteiger partial charge in [-0.2, -0.15) is 0 Å². The zero-order valence-corrected chi connectivity index (χ0v) is 32.4. The van der Waals surface area contributed by atoms with Gasteiger partial charge < -0.3 is 4.90 Å². The average molecular weight is 757 g/mol. The van der Waals surface area contributed by atoms with Gasteiger partial charge in [-0.15, -0.1) is 11.3 Å². The number of hydrogen-bond donors (Lipinski definition) is 0. The van der Waals surface area contributed by atoms with Gasteiger partial charge in [-0.3, -0.25) is 0 Å². The fourth-order valence-electron chi connectivity index (χ4n) is 8.37. The van der Waals surface area contributed by atoms with Crippen molar-refractivity contribution in [1.82, 2.24) is 4.98 Å². The Morgan fingerprint density at radius 1 is 0.328 bits per heavy atom. The fraction of sp³-hybridized carbons (Fsp3) is 0. The number of thiazole rings is 1. The van der Waals surface area contributed by atoms with E-state index < -0.39 is 0 Å². The lowest BCUT2D eigenvalue weighted by Crippen LogP contribution is -2.09. The molecule has 0 aliphatic carbocycles. The van der Waals surface area contributed by atoms with Crippen molar-refractivity contribution >= 4 is 70.9 Å². The fourth-order valence-corrected chi connectivity index (χ4v) is 9.46. The highest BCUT2D eigenvalue weighted by atomic mass is 32.1. The van der Waals surface area contributed by atoms with E-state index in [-0.39, 0.29) is 0 Å². The zero-order valence-electron chi connectivity index (χ0n) is 31.6. The summed E-state index contributed by atoms with van der Waals surface area (Å²) in [4.78, 5) is 7.33. The largest absolute Gasteiger partial charge is 0.311 e. The van der Waals surface area contributed by atoms with Crippen LogP contribution in [0.25, 0.3) is 86.5 Å². The third-order valence-electron chi connectivity index (χ3n) is 11.3. The van der Waals surface area contributed by atoms with Gasteiger partial charge in [0, 0.05) is 28.0 Å². The molecular weight excluding hydrogens is 721 g/mol.